The first-order chi connectivity index (χ1) is 11.5. The lowest BCUT2D eigenvalue weighted by atomic mass is 10.1. The van der Waals surface area contributed by atoms with E-state index in [1.54, 1.807) is 6.92 Å². The summed E-state index contributed by atoms with van der Waals surface area (Å²) in [5.74, 6) is 0.213. The monoisotopic (exact) mass is 331 g/mol. The highest BCUT2D eigenvalue weighted by molar-refractivity contribution is 5.94. The Balaban J connectivity index is 1.78. The number of piperazine rings is 1. The highest BCUT2D eigenvalue weighted by Gasteiger charge is 2.19. The molecule has 0 aliphatic carbocycles. The number of nitrogens with one attached hydrogen (secondary N) is 1. The van der Waals surface area contributed by atoms with Crippen molar-refractivity contribution in [3.05, 3.63) is 29.8 Å². The van der Waals surface area contributed by atoms with Crippen molar-refractivity contribution in [2.24, 2.45) is 0 Å². The van der Waals surface area contributed by atoms with Crippen molar-refractivity contribution in [3.63, 3.8) is 0 Å². The summed E-state index contributed by atoms with van der Waals surface area (Å²) in [4.78, 5) is 27.9. The van der Waals surface area contributed by atoms with Gasteiger partial charge in [0.05, 0.1) is 6.54 Å². The van der Waals surface area contributed by atoms with Gasteiger partial charge in [0.2, 0.25) is 5.91 Å². The van der Waals surface area contributed by atoms with Crippen LogP contribution in [0.25, 0.3) is 0 Å². The van der Waals surface area contributed by atoms with Crippen LogP contribution in [0.3, 0.4) is 0 Å². The fraction of sp³-hybridized carbons (Fsp3) is 0.579. The smallest absolute Gasteiger partial charge is 0.234 e. The molecular formula is C19H29N3O2. The van der Waals surface area contributed by atoms with Crippen molar-refractivity contribution >= 4 is 17.4 Å². The zero-order valence-corrected chi connectivity index (χ0v) is 15.0. The van der Waals surface area contributed by atoms with Gasteiger partial charge in [-0.15, -0.1) is 0 Å². The summed E-state index contributed by atoms with van der Waals surface area (Å²) in [6.07, 6.45) is 2.11. The van der Waals surface area contributed by atoms with Crippen LogP contribution in [0.5, 0.6) is 0 Å². The fourth-order valence-corrected chi connectivity index (χ4v) is 3.10. The Labute approximate surface area is 145 Å². The third-order valence-corrected chi connectivity index (χ3v) is 4.51. The fourth-order valence-electron chi connectivity index (χ4n) is 3.10. The Kier molecular flexibility index (Phi) is 6.79. The third kappa shape index (κ3) is 5.34. The maximum Gasteiger partial charge on any atom is 0.234 e. The van der Waals surface area contributed by atoms with Gasteiger partial charge in [0.15, 0.2) is 5.78 Å². The minimum Gasteiger partial charge on any atom is -0.369 e. The molecule has 0 unspecified atom stereocenters. The lowest BCUT2D eigenvalue weighted by molar-refractivity contribution is -0.123. The van der Waals surface area contributed by atoms with Crippen LogP contribution in [0.1, 0.15) is 44.0 Å². The minimum absolute atomic E-state index is 0.0923. The number of benzene rings is 1. The van der Waals surface area contributed by atoms with Gasteiger partial charge in [-0.3, -0.25) is 14.5 Å². The number of amides is 1. The van der Waals surface area contributed by atoms with Crippen LogP contribution in [0.4, 0.5) is 5.69 Å². The average Bonchev–Trinajstić information content (AvgIpc) is 2.55. The molecule has 1 aromatic carbocycles. The third-order valence-electron chi connectivity index (χ3n) is 4.51. The van der Waals surface area contributed by atoms with Gasteiger partial charge in [0.25, 0.3) is 0 Å². The second-order valence-electron chi connectivity index (χ2n) is 6.62. The molecule has 1 aromatic rings. The molecule has 1 fully saturated rings. The van der Waals surface area contributed by atoms with Crippen LogP contribution in [-0.4, -0.2) is 55.4 Å². The second kappa shape index (κ2) is 8.83. The van der Waals surface area contributed by atoms with Crippen molar-refractivity contribution in [1.29, 1.82) is 0 Å². The van der Waals surface area contributed by atoms with Crippen LogP contribution in [0.2, 0.25) is 0 Å². The standard InChI is InChI=1S/C19H29N3O2/c1-4-5-15(2)20-19(24)14-21-10-12-22(13-11-21)18-8-6-17(7-9-18)16(3)23/h6-9,15H,4-5,10-14H2,1-3H3,(H,20,24)/t15-/m0/s1. The van der Waals surface area contributed by atoms with Gasteiger partial charge in [0, 0.05) is 43.5 Å². The maximum atomic E-state index is 12.1. The Morgan fingerprint density at radius 2 is 1.75 bits per heavy atom. The first kappa shape index (κ1) is 18.5. The van der Waals surface area contributed by atoms with E-state index in [2.05, 4.69) is 29.0 Å². The van der Waals surface area contributed by atoms with Crippen molar-refractivity contribution in [3.8, 4) is 0 Å². The van der Waals surface area contributed by atoms with Crippen LogP contribution < -0.4 is 10.2 Å². The van der Waals surface area contributed by atoms with Crippen LogP contribution in [0, 0.1) is 0 Å². The van der Waals surface area contributed by atoms with E-state index in [1.165, 1.54) is 0 Å². The number of anilines is 1. The van der Waals surface area contributed by atoms with E-state index in [-0.39, 0.29) is 17.7 Å². The molecule has 5 heteroatoms. The predicted octanol–water partition coefficient (Wildman–Crippen LogP) is 2.32. The SMILES string of the molecule is CCC[C@H](C)NC(=O)CN1CCN(c2ccc(C(C)=O)cc2)CC1. The number of carbonyl (C=O) groups is 2. The van der Waals surface area contributed by atoms with Gasteiger partial charge >= 0.3 is 0 Å². The molecule has 1 aliphatic heterocycles. The van der Waals surface area contributed by atoms with Gasteiger partial charge in [0.1, 0.15) is 0 Å². The zero-order valence-electron chi connectivity index (χ0n) is 15.0. The number of hydrogen-bond donors (Lipinski definition) is 1. The van der Waals surface area contributed by atoms with Crippen molar-refractivity contribution in [2.75, 3.05) is 37.6 Å². The summed E-state index contributed by atoms with van der Waals surface area (Å²) in [5, 5.41) is 3.06. The van der Waals surface area contributed by atoms with E-state index in [0.29, 0.717) is 6.54 Å². The largest absolute Gasteiger partial charge is 0.369 e. The van der Waals surface area contributed by atoms with Crippen LogP contribution in [0.15, 0.2) is 24.3 Å². The Bertz CT molecular complexity index is 548. The molecule has 0 saturated carbocycles. The minimum atomic E-state index is 0.0923. The number of nitrogens with zero attached hydrogens (tertiary/aromatic N) is 2. The summed E-state index contributed by atoms with van der Waals surface area (Å²) in [7, 11) is 0. The second-order valence-corrected chi connectivity index (χ2v) is 6.62. The normalized spacial score (nSPS) is 16.7. The number of ketones is 1. The van der Waals surface area contributed by atoms with E-state index in [4.69, 9.17) is 0 Å². The molecule has 2 rings (SSSR count). The van der Waals surface area contributed by atoms with Gasteiger partial charge in [-0.2, -0.15) is 0 Å². The van der Waals surface area contributed by atoms with Gasteiger partial charge in [-0.05, 0) is 44.5 Å². The summed E-state index contributed by atoms with van der Waals surface area (Å²) >= 11 is 0. The number of rotatable bonds is 7. The Morgan fingerprint density at radius 1 is 1.12 bits per heavy atom. The van der Waals surface area contributed by atoms with E-state index in [0.717, 1.165) is 50.3 Å². The summed E-state index contributed by atoms with van der Waals surface area (Å²) in [6.45, 7) is 9.81. The molecule has 24 heavy (non-hydrogen) atoms. The first-order valence-electron chi connectivity index (χ1n) is 8.87. The molecule has 1 atom stereocenters. The van der Waals surface area contributed by atoms with Crippen LogP contribution >= 0.6 is 0 Å². The molecule has 1 amide bonds. The highest BCUT2D eigenvalue weighted by Crippen LogP contribution is 2.17. The van der Waals surface area contributed by atoms with Gasteiger partial charge in [-0.25, -0.2) is 0 Å². The van der Waals surface area contributed by atoms with Gasteiger partial charge in [-0.1, -0.05) is 13.3 Å². The predicted molar refractivity (Wildman–Crippen MR) is 97.6 cm³/mol. The molecule has 1 aliphatic rings. The summed E-state index contributed by atoms with van der Waals surface area (Å²) in [6, 6.07) is 8.03. The molecule has 1 saturated heterocycles. The molecule has 5 nitrogen and oxygen atoms in total. The Hall–Kier alpha value is -1.88. The molecule has 0 aromatic heterocycles. The van der Waals surface area contributed by atoms with Crippen molar-refractivity contribution in [2.45, 2.75) is 39.7 Å². The van der Waals surface area contributed by atoms with E-state index < -0.39 is 0 Å². The van der Waals surface area contributed by atoms with E-state index in [1.807, 2.05) is 24.3 Å². The number of Topliss-reactive ketones (excluding diaryl/α,β-unsaturated/α-hetero) is 1. The number of carbonyl (C=O) groups excluding carboxylic acids is 2. The topological polar surface area (TPSA) is 52.7 Å². The van der Waals surface area contributed by atoms with E-state index >= 15 is 0 Å². The van der Waals surface area contributed by atoms with Crippen molar-refractivity contribution < 1.29 is 9.59 Å². The van der Waals surface area contributed by atoms with E-state index in [9.17, 15) is 9.59 Å². The molecule has 0 radical (unpaired) electrons. The average molecular weight is 331 g/mol. The summed E-state index contributed by atoms with van der Waals surface area (Å²) in [5.41, 5.74) is 1.89. The molecule has 1 N–H and O–H groups in total. The summed E-state index contributed by atoms with van der Waals surface area (Å²) < 4.78 is 0. The molecular weight excluding hydrogens is 302 g/mol. The quantitative estimate of drug-likeness (QED) is 0.779. The lowest BCUT2D eigenvalue weighted by Crippen LogP contribution is -2.50. The molecule has 0 spiro atoms. The maximum absolute atomic E-state index is 12.1. The lowest BCUT2D eigenvalue weighted by Gasteiger charge is -2.36. The number of hydrogen-bond acceptors (Lipinski definition) is 4. The highest BCUT2D eigenvalue weighted by atomic mass is 16.2. The van der Waals surface area contributed by atoms with Crippen LogP contribution in [-0.2, 0) is 4.79 Å². The van der Waals surface area contributed by atoms with Crippen molar-refractivity contribution in [1.82, 2.24) is 10.2 Å². The van der Waals surface area contributed by atoms with Gasteiger partial charge < -0.3 is 10.2 Å². The first-order valence-corrected chi connectivity index (χ1v) is 8.87. The molecule has 0 bridgehead atoms. The molecule has 1 heterocycles. The zero-order chi connectivity index (χ0) is 17.5. The Morgan fingerprint density at radius 3 is 2.29 bits per heavy atom. The molecule has 132 valence electrons.